The zero-order chi connectivity index (χ0) is 14.2. The number of thiazole rings is 1. The van der Waals surface area contributed by atoms with Gasteiger partial charge in [-0.3, -0.25) is 9.88 Å². The predicted molar refractivity (Wildman–Crippen MR) is 85.3 cm³/mol. The number of piperazine rings is 2. The molecule has 0 aliphatic carbocycles. The molecular formula is C14H27N5S. The summed E-state index contributed by atoms with van der Waals surface area (Å²) in [6.07, 6.45) is 1.98. The monoisotopic (exact) mass is 297 g/mol. The second-order valence-electron chi connectivity index (χ2n) is 5.60. The van der Waals surface area contributed by atoms with Gasteiger partial charge < -0.3 is 15.1 Å². The molecule has 2 fully saturated rings. The Morgan fingerprint density at radius 3 is 2.20 bits per heavy atom. The van der Waals surface area contributed by atoms with E-state index in [1.807, 2.05) is 11.7 Å². The van der Waals surface area contributed by atoms with E-state index < -0.39 is 0 Å². The highest BCUT2D eigenvalue weighted by atomic mass is 32.1. The fraction of sp³-hybridized carbons (Fsp3) is 0.786. The van der Waals surface area contributed by atoms with E-state index in [1.165, 1.54) is 44.1 Å². The molecule has 1 N–H and O–H groups in total. The van der Waals surface area contributed by atoms with Crippen molar-refractivity contribution in [2.45, 2.75) is 6.54 Å². The van der Waals surface area contributed by atoms with Crippen molar-refractivity contribution in [3.8, 4) is 0 Å². The van der Waals surface area contributed by atoms with Crippen LogP contribution >= 0.6 is 11.3 Å². The van der Waals surface area contributed by atoms with E-state index in [-0.39, 0.29) is 0 Å². The van der Waals surface area contributed by atoms with Gasteiger partial charge in [0.25, 0.3) is 0 Å². The maximum atomic E-state index is 4.08. The third-order valence-corrected chi connectivity index (χ3v) is 4.56. The summed E-state index contributed by atoms with van der Waals surface area (Å²) < 4.78 is 0. The molecule has 114 valence electrons. The highest BCUT2D eigenvalue weighted by molar-refractivity contribution is 7.09. The Labute approximate surface area is 126 Å². The van der Waals surface area contributed by atoms with Gasteiger partial charge in [0.05, 0.1) is 5.51 Å². The van der Waals surface area contributed by atoms with Crippen LogP contribution in [0, 0.1) is 0 Å². The van der Waals surface area contributed by atoms with Crippen LogP contribution in [0.2, 0.25) is 0 Å². The summed E-state index contributed by atoms with van der Waals surface area (Å²) in [7, 11) is 4.34. The maximum absolute atomic E-state index is 4.08. The lowest BCUT2D eigenvalue weighted by Gasteiger charge is -2.31. The molecular weight excluding hydrogens is 270 g/mol. The van der Waals surface area contributed by atoms with Gasteiger partial charge in [0.1, 0.15) is 0 Å². The van der Waals surface area contributed by atoms with Crippen LogP contribution < -0.4 is 5.32 Å². The molecule has 3 rings (SSSR count). The fourth-order valence-electron chi connectivity index (χ4n) is 2.32. The van der Waals surface area contributed by atoms with Gasteiger partial charge in [0, 0.05) is 70.0 Å². The van der Waals surface area contributed by atoms with Crippen molar-refractivity contribution < 1.29 is 0 Å². The zero-order valence-electron chi connectivity index (χ0n) is 12.7. The fourth-order valence-corrected chi connectivity index (χ4v) is 2.96. The predicted octanol–water partition coefficient (Wildman–Crippen LogP) is 0.412. The molecule has 0 aromatic carbocycles. The Balaban J connectivity index is 0.000000178. The van der Waals surface area contributed by atoms with Gasteiger partial charge in [0.2, 0.25) is 0 Å². The topological polar surface area (TPSA) is 34.6 Å². The van der Waals surface area contributed by atoms with Gasteiger partial charge in [-0.15, -0.1) is 11.3 Å². The number of aromatic nitrogens is 1. The Bertz CT molecular complexity index is 342. The van der Waals surface area contributed by atoms with Crippen molar-refractivity contribution >= 4 is 11.3 Å². The molecule has 1 aromatic rings. The number of likely N-dealkylation sites (N-methyl/N-ethyl adjacent to an activating group) is 2. The van der Waals surface area contributed by atoms with E-state index in [4.69, 9.17) is 0 Å². The molecule has 5 nitrogen and oxygen atoms in total. The first-order valence-corrected chi connectivity index (χ1v) is 8.29. The van der Waals surface area contributed by atoms with Gasteiger partial charge in [-0.05, 0) is 14.1 Å². The third-order valence-electron chi connectivity index (χ3n) is 3.80. The first-order valence-electron chi connectivity index (χ1n) is 7.41. The average Bonchev–Trinajstić information content (AvgIpc) is 2.96. The molecule has 6 heteroatoms. The van der Waals surface area contributed by atoms with Crippen molar-refractivity contribution in [2.75, 3.05) is 66.5 Å². The SMILES string of the molecule is CN1CCN(Cc2cncs2)CC1.CN1CCNCC1. The molecule has 0 bridgehead atoms. The summed E-state index contributed by atoms with van der Waals surface area (Å²) in [5, 5.41) is 3.27. The number of nitrogens with one attached hydrogen (secondary N) is 1. The minimum Gasteiger partial charge on any atom is -0.314 e. The van der Waals surface area contributed by atoms with Crippen LogP contribution in [-0.2, 0) is 6.54 Å². The second kappa shape index (κ2) is 8.69. The molecule has 2 aliphatic rings. The van der Waals surface area contributed by atoms with E-state index in [9.17, 15) is 0 Å². The molecule has 0 radical (unpaired) electrons. The zero-order valence-corrected chi connectivity index (χ0v) is 13.5. The molecule has 0 atom stereocenters. The molecule has 0 spiro atoms. The first kappa shape index (κ1) is 15.9. The van der Waals surface area contributed by atoms with Crippen molar-refractivity contribution in [3.05, 3.63) is 16.6 Å². The van der Waals surface area contributed by atoms with Crippen LogP contribution in [0.4, 0.5) is 0 Å². The molecule has 1 aromatic heterocycles. The lowest BCUT2D eigenvalue weighted by Crippen LogP contribution is -2.43. The van der Waals surface area contributed by atoms with Crippen molar-refractivity contribution in [1.29, 1.82) is 0 Å². The second-order valence-corrected chi connectivity index (χ2v) is 6.57. The Hall–Kier alpha value is -0.530. The van der Waals surface area contributed by atoms with E-state index in [1.54, 1.807) is 11.3 Å². The summed E-state index contributed by atoms with van der Waals surface area (Å²) in [6, 6.07) is 0. The van der Waals surface area contributed by atoms with Crippen LogP contribution in [0.15, 0.2) is 11.7 Å². The van der Waals surface area contributed by atoms with Crippen LogP contribution in [0.1, 0.15) is 4.88 Å². The van der Waals surface area contributed by atoms with Crippen LogP contribution in [-0.4, -0.2) is 86.1 Å². The van der Waals surface area contributed by atoms with E-state index >= 15 is 0 Å². The number of hydrogen-bond donors (Lipinski definition) is 1. The summed E-state index contributed by atoms with van der Waals surface area (Å²) in [6.45, 7) is 10.6. The standard InChI is InChI=1S/C9H15N3S.C5H12N2/c1-11-2-4-12(5-3-11)7-9-6-10-8-13-9;1-7-4-2-6-3-5-7/h6,8H,2-5,7H2,1H3;6H,2-5H2,1H3. The van der Waals surface area contributed by atoms with Crippen LogP contribution in [0.3, 0.4) is 0 Å². The summed E-state index contributed by atoms with van der Waals surface area (Å²) >= 11 is 1.75. The molecule has 0 saturated carbocycles. The van der Waals surface area contributed by atoms with Crippen molar-refractivity contribution in [3.63, 3.8) is 0 Å². The molecule has 2 aliphatic heterocycles. The smallest absolute Gasteiger partial charge is 0.0794 e. The Morgan fingerprint density at radius 2 is 1.70 bits per heavy atom. The van der Waals surface area contributed by atoms with Gasteiger partial charge in [0.15, 0.2) is 0 Å². The molecule has 2 saturated heterocycles. The lowest BCUT2D eigenvalue weighted by atomic mass is 10.3. The van der Waals surface area contributed by atoms with Crippen LogP contribution in [0.25, 0.3) is 0 Å². The van der Waals surface area contributed by atoms with Gasteiger partial charge in [-0.2, -0.15) is 0 Å². The minimum atomic E-state index is 1.08. The number of hydrogen-bond acceptors (Lipinski definition) is 6. The normalized spacial score (nSPS) is 22.3. The minimum absolute atomic E-state index is 1.08. The van der Waals surface area contributed by atoms with E-state index in [2.05, 4.69) is 39.1 Å². The lowest BCUT2D eigenvalue weighted by molar-refractivity contribution is 0.149. The molecule has 0 amide bonds. The third kappa shape index (κ3) is 5.85. The van der Waals surface area contributed by atoms with E-state index in [0.29, 0.717) is 0 Å². The Kier molecular flexibility index (Phi) is 6.89. The highest BCUT2D eigenvalue weighted by Crippen LogP contribution is 2.10. The van der Waals surface area contributed by atoms with Crippen molar-refractivity contribution in [1.82, 2.24) is 25.0 Å². The average molecular weight is 297 g/mol. The summed E-state index contributed by atoms with van der Waals surface area (Å²) in [5.74, 6) is 0. The van der Waals surface area contributed by atoms with Crippen molar-refractivity contribution in [2.24, 2.45) is 0 Å². The van der Waals surface area contributed by atoms with Gasteiger partial charge in [-0.25, -0.2) is 0 Å². The molecule has 20 heavy (non-hydrogen) atoms. The van der Waals surface area contributed by atoms with Crippen LogP contribution in [0.5, 0.6) is 0 Å². The number of nitrogens with zero attached hydrogens (tertiary/aromatic N) is 4. The van der Waals surface area contributed by atoms with Gasteiger partial charge >= 0.3 is 0 Å². The van der Waals surface area contributed by atoms with Gasteiger partial charge in [-0.1, -0.05) is 0 Å². The Morgan fingerprint density at radius 1 is 1.05 bits per heavy atom. The first-order chi connectivity index (χ1) is 9.74. The largest absolute Gasteiger partial charge is 0.314 e. The summed E-state index contributed by atoms with van der Waals surface area (Å²) in [4.78, 5) is 12.7. The quantitative estimate of drug-likeness (QED) is 0.855. The molecule has 3 heterocycles. The highest BCUT2D eigenvalue weighted by Gasteiger charge is 2.13. The van der Waals surface area contributed by atoms with E-state index in [0.717, 1.165) is 19.6 Å². The molecule has 0 unspecified atom stereocenters. The number of rotatable bonds is 2. The summed E-state index contributed by atoms with van der Waals surface area (Å²) in [5.41, 5.74) is 1.91. The maximum Gasteiger partial charge on any atom is 0.0794 e.